The number of carbonyl (C=O) groups excluding carboxylic acids is 1. The Labute approximate surface area is 107 Å². The lowest BCUT2D eigenvalue weighted by Crippen LogP contribution is -2.39. The Morgan fingerprint density at radius 2 is 2.44 bits per heavy atom. The standard InChI is InChI=1S/C11H11BrN2OS/c12-10-4-3-9(16-10)11(15)14-5-1-2-8(6-13)7-14/h3-4,8H,1-2,5,7H2. The third kappa shape index (κ3) is 2.45. The average molecular weight is 299 g/mol. The number of hydrogen-bond acceptors (Lipinski definition) is 3. The van der Waals surface area contributed by atoms with Gasteiger partial charge in [-0.3, -0.25) is 4.79 Å². The van der Waals surface area contributed by atoms with E-state index >= 15 is 0 Å². The van der Waals surface area contributed by atoms with Gasteiger partial charge in [-0.25, -0.2) is 0 Å². The molecule has 0 aliphatic carbocycles. The number of hydrogen-bond donors (Lipinski definition) is 0. The van der Waals surface area contributed by atoms with Gasteiger partial charge in [-0.05, 0) is 40.9 Å². The molecule has 0 aromatic carbocycles. The van der Waals surface area contributed by atoms with Crippen molar-refractivity contribution < 1.29 is 4.79 Å². The molecule has 0 saturated carbocycles. The monoisotopic (exact) mass is 298 g/mol. The zero-order chi connectivity index (χ0) is 11.5. The second kappa shape index (κ2) is 4.98. The van der Waals surface area contributed by atoms with E-state index < -0.39 is 0 Å². The molecule has 1 aromatic rings. The second-order valence-corrected chi connectivity index (χ2v) is 6.29. The Balaban J connectivity index is 2.08. The van der Waals surface area contributed by atoms with Crippen molar-refractivity contribution in [2.24, 2.45) is 5.92 Å². The zero-order valence-corrected chi connectivity index (χ0v) is 11.1. The normalized spacial score (nSPS) is 20.5. The number of rotatable bonds is 1. The van der Waals surface area contributed by atoms with Gasteiger partial charge in [-0.1, -0.05) is 0 Å². The molecule has 0 N–H and O–H groups in total. The van der Waals surface area contributed by atoms with E-state index in [4.69, 9.17) is 5.26 Å². The van der Waals surface area contributed by atoms with E-state index in [9.17, 15) is 4.79 Å². The Bertz CT molecular complexity index is 437. The van der Waals surface area contributed by atoms with Crippen molar-refractivity contribution in [3.05, 3.63) is 20.8 Å². The van der Waals surface area contributed by atoms with E-state index in [1.165, 1.54) is 11.3 Å². The van der Waals surface area contributed by atoms with E-state index in [0.717, 1.165) is 28.0 Å². The molecule has 0 bridgehead atoms. The topological polar surface area (TPSA) is 44.1 Å². The van der Waals surface area contributed by atoms with E-state index in [1.54, 1.807) is 4.90 Å². The lowest BCUT2D eigenvalue weighted by atomic mass is 10.00. The number of nitriles is 1. The summed E-state index contributed by atoms with van der Waals surface area (Å²) in [6.07, 6.45) is 1.84. The molecule has 1 aromatic heterocycles. The molecule has 2 rings (SSSR count). The van der Waals surface area contributed by atoms with Crippen molar-refractivity contribution >= 4 is 33.2 Å². The first-order valence-corrected chi connectivity index (χ1v) is 6.76. The first kappa shape index (κ1) is 11.6. The van der Waals surface area contributed by atoms with Crippen LogP contribution in [0.1, 0.15) is 22.5 Å². The minimum Gasteiger partial charge on any atom is -0.337 e. The molecule has 1 amide bonds. The van der Waals surface area contributed by atoms with Crippen molar-refractivity contribution in [2.75, 3.05) is 13.1 Å². The van der Waals surface area contributed by atoms with E-state index in [0.29, 0.717) is 6.54 Å². The number of amides is 1. The van der Waals surface area contributed by atoms with Crippen LogP contribution in [0.15, 0.2) is 15.9 Å². The van der Waals surface area contributed by atoms with Gasteiger partial charge in [0.25, 0.3) is 5.91 Å². The molecule has 1 aliphatic heterocycles. The van der Waals surface area contributed by atoms with Gasteiger partial charge in [-0.15, -0.1) is 11.3 Å². The van der Waals surface area contributed by atoms with Gasteiger partial charge in [0.2, 0.25) is 0 Å². The summed E-state index contributed by atoms with van der Waals surface area (Å²) in [5.41, 5.74) is 0. The van der Waals surface area contributed by atoms with Crippen LogP contribution in [0.5, 0.6) is 0 Å². The summed E-state index contributed by atoms with van der Waals surface area (Å²) in [6, 6.07) is 5.95. The number of piperidine rings is 1. The van der Waals surface area contributed by atoms with Gasteiger partial charge < -0.3 is 4.90 Å². The van der Waals surface area contributed by atoms with Crippen molar-refractivity contribution in [1.82, 2.24) is 4.90 Å². The van der Waals surface area contributed by atoms with Crippen LogP contribution in [-0.4, -0.2) is 23.9 Å². The third-order valence-electron chi connectivity index (χ3n) is 2.68. The molecular weight excluding hydrogens is 288 g/mol. The highest BCUT2D eigenvalue weighted by atomic mass is 79.9. The number of carbonyl (C=O) groups is 1. The first-order valence-electron chi connectivity index (χ1n) is 5.15. The molecule has 5 heteroatoms. The fraction of sp³-hybridized carbons (Fsp3) is 0.455. The largest absolute Gasteiger partial charge is 0.337 e. The van der Waals surface area contributed by atoms with Crippen LogP contribution in [0, 0.1) is 17.2 Å². The van der Waals surface area contributed by atoms with E-state index in [-0.39, 0.29) is 11.8 Å². The van der Waals surface area contributed by atoms with Gasteiger partial charge in [0.1, 0.15) is 0 Å². The maximum Gasteiger partial charge on any atom is 0.264 e. The minimum atomic E-state index is 0.00102. The summed E-state index contributed by atoms with van der Waals surface area (Å²) in [4.78, 5) is 14.6. The fourth-order valence-corrected chi connectivity index (χ4v) is 3.21. The van der Waals surface area contributed by atoms with Gasteiger partial charge in [-0.2, -0.15) is 5.26 Å². The molecule has 1 saturated heterocycles. The molecule has 1 unspecified atom stereocenters. The van der Waals surface area contributed by atoms with Crippen molar-refractivity contribution in [3.8, 4) is 6.07 Å². The van der Waals surface area contributed by atoms with Crippen molar-refractivity contribution in [2.45, 2.75) is 12.8 Å². The quantitative estimate of drug-likeness (QED) is 0.800. The highest BCUT2D eigenvalue weighted by Crippen LogP contribution is 2.25. The number of likely N-dealkylation sites (tertiary alicyclic amines) is 1. The van der Waals surface area contributed by atoms with Crippen LogP contribution < -0.4 is 0 Å². The lowest BCUT2D eigenvalue weighted by Gasteiger charge is -2.29. The SMILES string of the molecule is N#CC1CCCN(C(=O)c2ccc(Br)s2)C1. The molecule has 1 atom stereocenters. The van der Waals surface area contributed by atoms with Crippen molar-refractivity contribution in [1.29, 1.82) is 5.26 Å². The summed E-state index contributed by atoms with van der Waals surface area (Å²) in [7, 11) is 0. The fourth-order valence-electron chi connectivity index (χ4n) is 1.85. The average Bonchev–Trinajstić information content (AvgIpc) is 2.75. The van der Waals surface area contributed by atoms with Gasteiger partial charge >= 0.3 is 0 Å². The maximum absolute atomic E-state index is 12.1. The Kier molecular flexibility index (Phi) is 3.62. The molecule has 3 nitrogen and oxygen atoms in total. The van der Waals surface area contributed by atoms with Crippen molar-refractivity contribution in [3.63, 3.8) is 0 Å². The summed E-state index contributed by atoms with van der Waals surface area (Å²) in [5, 5.41) is 8.87. The Morgan fingerprint density at radius 1 is 1.62 bits per heavy atom. The van der Waals surface area contributed by atoms with Gasteiger partial charge in [0, 0.05) is 13.1 Å². The molecular formula is C11H11BrN2OS. The molecule has 1 fully saturated rings. The zero-order valence-electron chi connectivity index (χ0n) is 8.65. The minimum absolute atomic E-state index is 0.00102. The summed E-state index contributed by atoms with van der Waals surface area (Å²) in [6.45, 7) is 1.34. The third-order valence-corrected chi connectivity index (χ3v) is 4.29. The van der Waals surface area contributed by atoms with Gasteiger partial charge in [0.05, 0.1) is 20.7 Å². The first-order chi connectivity index (χ1) is 7.70. The lowest BCUT2D eigenvalue weighted by molar-refractivity contribution is 0.0704. The van der Waals surface area contributed by atoms with Gasteiger partial charge in [0.15, 0.2) is 0 Å². The van der Waals surface area contributed by atoms with Crippen LogP contribution in [0.4, 0.5) is 0 Å². The molecule has 0 spiro atoms. The summed E-state index contributed by atoms with van der Waals surface area (Å²) in [5.74, 6) is 0.0525. The molecule has 2 heterocycles. The number of thiophene rings is 1. The molecule has 1 aliphatic rings. The van der Waals surface area contributed by atoms with Crippen LogP contribution in [-0.2, 0) is 0 Å². The highest BCUT2D eigenvalue weighted by molar-refractivity contribution is 9.11. The molecule has 84 valence electrons. The summed E-state index contributed by atoms with van der Waals surface area (Å²) >= 11 is 4.79. The summed E-state index contributed by atoms with van der Waals surface area (Å²) < 4.78 is 0.963. The van der Waals surface area contributed by atoms with Crippen LogP contribution in [0.25, 0.3) is 0 Å². The Morgan fingerprint density at radius 3 is 3.06 bits per heavy atom. The molecule has 0 radical (unpaired) electrons. The van der Waals surface area contributed by atoms with E-state index in [1.807, 2.05) is 12.1 Å². The van der Waals surface area contributed by atoms with E-state index in [2.05, 4.69) is 22.0 Å². The van der Waals surface area contributed by atoms with Crippen LogP contribution in [0.2, 0.25) is 0 Å². The molecule has 16 heavy (non-hydrogen) atoms. The number of nitrogens with zero attached hydrogens (tertiary/aromatic N) is 2. The van der Waals surface area contributed by atoms with Crippen LogP contribution >= 0.6 is 27.3 Å². The van der Waals surface area contributed by atoms with Crippen LogP contribution in [0.3, 0.4) is 0 Å². The smallest absolute Gasteiger partial charge is 0.264 e. The Hall–Kier alpha value is -0.860. The predicted molar refractivity (Wildman–Crippen MR) is 66.3 cm³/mol. The highest BCUT2D eigenvalue weighted by Gasteiger charge is 2.24. The second-order valence-electron chi connectivity index (χ2n) is 3.82. The number of halogens is 1. The maximum atomic E-state index is 12.1. The predicted octanol–water partition coefficient (Wildman–Crippen LogP) is 2.89.